The number of rotatable bonds is 6. The first-order valence-electron chi connectivity index (χ1n) is 9.46. The maximum Gasteiger partial charge on any atom is 0.169 e. The van der Waals surface area contributed by atoms with Gasteiger partial charge >= 0.3 is 0 Å². The van der Waals surface area contributed by atoms with Crippen LogP contribution in [0.15, 0.2) is 24.4 Å². The van der Waals surface area contributed by atoms with E-state index in [4.69, 9.17) is 12.2 Å². The van der Waals surface area contributed by atoms with E-state index in [1.54, 1.807) is 0 Å². The van der Waals surface area contributed by atoms with Crippen LogP contribution < -0.4 is 10.6 Å². The molecule has 0 unspecified atom stereocenters. The highest BCUT2D eigenvalue weighted by Gasteiger charge is 2.38. The lowest BCUT2D eigenvalue weighted by atomic mass is 9.80. The number of piperidine rings is 1. The Kier molecular flexibility index (Phi) is 6.99. The van der Waals surface area contributed by atoms with E-state index in [0.717, 1.165) is 43.3 Å². The molecule has 2 heterocycles. The van der Waals surface area contributed by atoms with E-state index in [0.29, 0.717) is 6.04 Å². The smallest absolute Gasteiger partial charge is 0.169 e. The van der Waals surface area contributed by atoms with Gasteiger partial charge in [-0.3, -0.25) is 4.98 Å². The predicted octanol–water partition coefficient (Wildman–Crippen LogP) is 2.63. The molecule has 2 N–H and O–H groups in total. The zero-order valence-corrected chi connectivity index (χ0v) is 18.0. The summed E-state index contributed by atoms with van der Waals surface area (Å²) in [5, 5.41) is 8.21. The summed E-state index contributed by atoms with van der Waals surface area (Å²) in [6.07, 6.45) is 3.96. The van der Waals surface area contributed by atoms with Crippen molar-refractivity contribution in [2.75, 3.05) is 27.2 Å². The lowest BCUT2D eigenvalue weighted by Gasteiger charge is -2.47. The van der Waals surface area contributed by atoms with Crippen LogP contribution in [0.2, 0.25) is 0 Å². The number of pyridine rings is 1. The number of likely N-dealkylation sites (N-methyl/N-ethyl adjacent to an activating group) is 1. The third kappa shape index (κ3) is 6.82. The molecule has 5 nitrogen and oxygen atoms in total. The van der Waals surface area contributed by atoms with Gasteiger partial charge in [0.2, 0.25) is 0 Å². The Balaban J connectivity index is 2.05. The van der Waals surface area contributed by atoms with E-state index >= 15 is 0 Å². The van der Waals surface area contributed by atoms with E-state index in [1.165, 1.54) is 0 Å². The van der Waals surface area contributed by atoms with E-state index < -0.39 is 0 Å². The minimum absolute atomic E-state index is 0.102. The summed E-state index contributed by atoms with van der Waals surface area (Å²) in [4.78, 5) is 8.89. The SMILES string of the molecule is CN(C)CCN(Cc1ccccn1)C(=S)NC1CC(C)(C)NC(C)(C)C1. The number of nitrogens with one attached hydrogen (secondary N) is 2. The van der Waals surface area contributed by atoms with Crippen LogP contribution in [0.3, 0.4) is 0 Å². The summed E-state index contributed by atoms with van der Waals surface area (Å²) in [5.41, 5.74) is 1.25. The first-order valence-corrected chi connectivity index (χ1v) is 9.87. The Morgan fingerprint density at radius 2 is 1.85 bits per heavy atom. The average molecular weight is 378 g/mol. The van der Waals surface area contributed by atoms with Crippen molar-refractivity contribution < 1.29 is 0 Å². The van der Waals surface area contributed by atoms with Crippen molar-refractivity contribution in [2.24, 2.45) is 0 Å². The summed E-state index contributed by atoms with van der Waals surface area (Å²) in [5.74, 6) is 0. The van der Waals surface area contributed by atoms with Gasteiger partial charge in [0.05, 0.1) is 12.2 Å². The molecule has 6 heteroatoms. The van der Waals surface area contributed by atoms with Crippen LogP contribution in [0.5, 0.6) is 0 Å². The van der Waals surface area contributed by atoms with Crippen molar-refractivity contribution in [1.82, 2.24) is 25.4 Å². The summed E-state index contributed by atoms with van der Waals surface area (Å²) >= 11 is 5.81. The van der Waals surface area contributed by atoms with Gasteiger partial charge in [-0.25, -0.2) is 0 Å². The Bertz CT molecular complexity index is 569. The van der Waals surface area contributed by atoms with E-state index in [9.17, 15) is 0 Å². The molecular weight excluding hydrogens is 342 g/mol. The van der Waals surface area contributed by atoms with Gasteiger partial charge < -0.3 is 20.4 Å². The van der Waals surface area contributed by atoms with Gasteiger partial charge in [0, 0.05) is 36.4 Å². The van der Waals surface area contributed by atoms with Crippen LogP contribution in [0, 0.1) is 0 Å². The van der Waals surface area contributed by atoms with Gasteiger partial charge in [-0.15, -0.1) is 0 Å². The van der Waals surface area contributed by atoms with Gasteiger partial charge in [0.15, 0.2) is 5.11 Å². The second kappa shape index (κ2) is 8.63. The minimum atomic E-state index is 0.102. The lowest BCUT2D eigenvalue weighted by Crippen LogP contribution is -2.63. The fourth-order valence-corrected chi connectivity index (χ4v) is 4.27. The third-order valence-corrected chi connectivity index (χ3v) is 5.08. The molecule has 1 aromatic rings. The minimum Gasteiger partial charge on any atom is -0.360 e. The van der Waals surface area contributed by atoms with Crippen LogP contribution in [-0.2, 0) is 6.54 Å². The van der Waals surface area contributed by atoms with Crippen molar-refractivity contribution in [3.8, 4) is 0 Å². The van der Waals surface area contributed by atoms with Gasteiger partial charge in [-0.2, -0.15) is 0 Å². The Hall–Kier alpha value is -1.24. The van der Waals surface area contributed by atoms with Crippen LogP contribution in [0.4, 0.5) is 0 Å². The van der Waals surface area contributed by atoms with Crippen LogP contribution in [-0.4, -0.2) is 64.2 Å². The molecule has 1 aliphatic rings. The Labute approximate surface area is 164 Å². The fraction of sp³-hybridized carbons (Fsp3) is 0.700. The zero-order valence-electron chi connectivity index (χ0n) is 17.2. The quantitative estimate of drug-likeness (QED) is 0.743. The molecule has 0 bridgehead atoms. The number of aromatic nitrogens is 1. The molecule has 0 radical (unpaired) electrons. The number of nitrogens with zero attached hydrogens (tertiary/aromatic N) is 3. The molecule has 1 aromatic heterocycles. The van der Waals surface area contributed by atoms with Crippen molar-refractivity contribution in [1.29, 1.82) is 0 Å². The van der Waals surface area contributed by atoms with E-state index in [1.807, 2.05) is 18.3 Å². The number of hydrogen-bond donors (Lipinski definition) is 2. The van der Waals surface area contributed by atoms with Crippen molar-refractivity contribution >= 4 is 17.3 Å². The fourth-order valence-electron chi connectivity index (χ4n) is 3.95. The zero-order chi connectivity index (χ0) is 19.4. The number of hydrogen-bond acceptors (Lipinski definition) is 4. The molecule has 1 saturated heterocycles. The number of thiocarbonyl (C=S) groups is 1. The molecule has 146 valence electrons. The van der Waals surface area contributed by atoms with Gasteiger partial charge in [-0.1, -0.05) is 6.07 Å². The van der Waals surface area contributed by atoms with Crippen LogP contribution >= 0.6 is 12.2 Å². The summed E-state index contributed by atoms with van der Waals surface area (Å²) in [7, 11) is 4.18. The second-order valence-corrected chi connectivity index (χ2v) is 9.38. The molecule has 0 amide bonds. The molecule has 0 spiro atoms. The lowest BCUT2D eigenvalue weighted by molar-refractivity contribution is 0.153. The topological polar surface area (TPSA) is 43.4 Å². The van der Waals surface area contributed by atoms with Crippen LogP contribution in [0.1, 0.15) is 46.2 Å². The summed E-state index contributed by atoms with van der Waals surface area (Å²) in [6.45, 7) is 11.6. The highest BCUT2D eigenvalue weighted by molar-refractivity contribution is 7.80. The van der Waals surface area contributed by atoms with Crippen molar-refractivity contribution in [2.45, 2.75) is 64.2 Å². The maximum absolute atomic E-state index is 5.81. The molecule has 1 aliphatic heterocycles. The van der Waals surface area contributed by atoms with Crippen molar-refractivity contribution in [3.63, 3.8) is 0 Å². The van der Waals surface area contributed by atoms with Crippen molar-refractivity contribution in [3.05, 3.63) is 30.1 Å². The molecule has 0 aliphatic carbocycles. The van der Waals surface area contributed by atoms with Crippen LogP contribution in [0.25, 0.3) is 0 Å². The Morgan fingerprint density at radius 3 is 2.38 bits per heavy atom. The van der Waals surface area contributed by atoms with Gasteiger partial charge in [0.25, 0.3) is 0 Å². The largest absolute Gasteiger partial charge is 0.360 e. The third-order valence-electron chi connectivity index (χ3n) is 4.70. The summed E-state index contributed by atoms with van der Waals surface area (Å²) < 4.78 is 0. The molecule has 26 heavy (non-hydrogen) atoms. The molecule has 0 aromatic carbocycles. The van der Waals surface area contributed by atoms with Gasteiger partial charge in [0.1, 0.15) is 0 Å². The van der Waals surface area contributed by atoms with E-state index in [-0.39, 0.29) is 11.1 Å². The molecular formula is C20H35N5S. The predicted molar refractivity (Wildman–Crippen MR) is 113 cm³/mol. The monoisotopic (exact) mass is 377 g/mol. The standard InChI is InChI=1S/C20H35N5S/c1-19(2)13-17(14-20(3,4)23-19)22-18(26)25(12-11-24(5)6)15-16-9-7-8-10-21-16/h7-10,17,23H,11-15H2,1-6H3,(H,22,26). The highest BCUT2D eigenvalue weighted by atomic mass is 32.1. The van der Waals surface area contributed by atoms with Gasteiger partial charge in [-0.05, 0) is 79.0 Å². The molecule has 2 rings (SSSR count). The van der Waals surface area contributed by atoms with E-state index in [2.05, 4.69) is 73.3 Å². The first-order chi connectivity index (χ1) is 12.1. The second-order valence-electron chi connectivity index (χ2n) is 8.99. The molecule has 0 atom stereocenters. The first kappa shape index (κ1) is 21.1. The molecule has 0 saturated carbocycles. The normalized spacial score (nSPS) is 19.3. The highest BCUT2D eigenvalue weighted by Crippen LogP contribution is 2.28. The maximum atomic E-state index is 5.81. The summed E-state index contributed by atoms with van der Waals surface area (Å²) in [6, 6.07) is 6.41. The average Bonchev–Trinajstić information content (AvgIpc) is 2.48. The Morgan fingerprint density at radius 1 is 1.19 bits per heavy atom. The molecule has 1 fully saturated rings.